The molecule has 15 heavy (non-hydrogen) atoms. The van der Waals surface area contributed by atoms with Gasteiger partial charge in [-0.2, -0.15) is 0 Å². The second-order valence-electron chi connectivity index (χ2n) is 2.94. The molecule has 0 fully saturated rings. The van der Waals surface area contributed by atoms with Crippen molar-refractivity contribution in [3.63, 3.8) is 0 Å². The van der Waals surface area contributed by atoms with Gasteiger partial charge in [-0.25, -0.2) is 0 Å². The molecule has 0 spiro atoms. The van der Waals surface area contributed by atoms with Crippen molar-refractivity contribution in [2.24, 2.45) is 0 Å². The number of halogens is 2. The van der Waals surface area contributed by atoms with E-state index in [4.69, 9.17) is 20.8 Å². The van der Waals surface area contributed by atoms with Crippen molar-refractivity contribution in [1.29, 1.82) is 0 Å². The summed E-state index contributed by atoms with van der Waals surface area (Å²) in [7, 11) is 1.61. The topological polar surface area (TPSA) is 22.4 Å². The van der Waals surface area contributed by atoms with Crippen molar-refractivity contribution in [3.8, 4) is 17.1 Å². The molecular weight excluding hydrogens is 279 g/mol. The quantitative estimate of drug-likeness (QED) is 0.818. The highest BCUT2D eigenvalue weighted by molar-refractivity contribution is 9.10. The van der Waals surface area contributed by atoms with E-state index < -0.39 is 0 Å². The van der Waals surface area contributed by atoms with Gasteiger partial charge in [0.1, 0.15) is 11.5 Å². The van der Waals surface area contributed by atoms with Crippen molar-refractivity contribution in [3.05, 3.63) is 40.0 Å². The molecule has 0 radical (unpaired) electrons. The molecule has 0 aliphatic rings. The van der Waals surface area contributed by atoms with Crippen LogP contribution in [0.1, 0.15) is 0 Å². The first-order chi connectivity index (χ1) is 7.22. The average molecular weight is 288 g/mol. The van der Waals surface area contributed by atoms with Gasteiger partial charge in [-0.1, -0.05) is 11.6 Å². The van der Waals surface area contributed by atoms with Crippen LogP contribution in [0.15, 0.2) is 39.4 Å². The van der Waals surface area contributed by atoms with E-state index in [1.807, 2.05) is 18.2 Å². The Morgan fingerprint density at radius 3 is 2.80 bits per heavy atom. The van der Waals surface area contributed by atoms with Gasteiger partial charge in [-0.15, -0.1) is 0 Å². The minimum absolute atomic E-state index is 0.623. The van der Waals surface area contributed by atoms with Gasteiger partial charge < -0.3 is 9.15 Å². The molecule has 0 aliphatic heterocycles. The van der Waals surface area contributed by atoms with Gasteiger partial charge in [-0.3, -0.25) is 0 Å². The molecule has 2 nitrogen and oxygen atoms in total. The molecule has 2 aromatic rings. The zero-order valence-corrected chi connectivity index (χ0v) is 10.3. The number of rotatable bonds is 2. The molecule has 1 aromatic heterocycles. The fourth-order valence-corrected chi connectivity index (χ4v) is 2.20. The molecule has 1 heterocycles. The van der Waals surface area contributed by atoms with Crippen LogP contribution < -0.4 is 4.74 Å². The molecule has 0 bridgehead atoms. The van der Waals surface area contributed by atoms with Crippen molar-refractivity contribution in [2.75, 3.05) is 7.11 Å². The maximum Gasteiger partial charge on any atom is 0.135 e. The Labute approximate surface area is 101 Å². The minimum Gasteiger partial charge on any atom is -0.496 e. The second kappa shape index (κ2) is 4.29. The van der Waals surface area contributed by atoms with Crippen molar-refractivity contribution in [2.45, 2.75) is 0 Å². The lowest BCUT2D eigenvalue weighted by Crippen LogP contribution is -1.86. The van der Waals surface area contributed by atoms with E-state index in [-0.39, 0.29) is 0 Å². The van der Waals surface area contributed by atoms with Crippen molar-refractivity contribution >= 4 is 27.5 Å². The first-order valence-corrected chi connectivity index (χ1v) is 5.46. The molecular formula is C11H8BrClO2. The molecule has 0 aliphatic carbocycles. The van der Waals surface area contributed by atoms with Gasteiger partial charge in [0, 0.05) is 5.56 Å². The smallest absolute Gasteiger partial charge is 0.135 e. The fraction of sp³-hybridized carbons (Fsp3) is 0.0909. The molecule has 78 valence electrons. The van der Waals surface area contributed by atoms with Crippen LogP contribution >= 0.6 is 27.5 Å². The zero-order valence-electron chi connectivity index (χ0n) is 7.96. The Bertz CT molecular complexity index is 466. The van der Waals surface area contributed by atoms with Crippen LogP contribution in [0.5, 0.6) is 5.75 Å². The van der Waals surface area contributed by atoms with E-state index in [9.17, 15) is 0 Å². The van der Waals surface area contributed by atoms with Crippen LogP contribution in [0.25, 0.3) is 11.3 Å². The molecule has 0 N–H and O–H groups in total. The van der Waals surface area contributed by atoms with Gasteiger partial charge in [0.15, 0.2) is 0 Å². The van der Waals surface area contributed by atoms with Crippen LogP contribution in [-0.2, 0) is 0 Å². The third kappa shape index (κ3) is 2.03. The number of ether oxygens (including phenoxy) is 1. The summed E-state index contributed by atoms with van der Waals surface area (Å²) in [6.45, 7) is 0. The van der Waals surface area contributed by atoms with E-state index in [1.165, 1.54) is 0 Å². The summed E-state index contributed by atoms with van der Waals surface area (Å²) in [5.74, 6) is 1.46. The fourth-order valence-electron chi connectivity index (χ4n) is 1.31. The highest BCUT2D eigenvalue weighted by Gasteiger charge is 2.10. The van der Waals surface area contributed by atoms with Gasteiger partial charge in [-0.05, 0) is 40.2 Å². The predicted octanol–water partition coefficient (Wildman–Crippen LogP) is 4.37. The van der Waals surface area contributed by atoms with E-state index in [0.29, 0.717) is 5.02 Å². The van der Waals surface area contributed by atoms with Gasteiger partial charge in [0.05, 0.1) is 22.9 Å². The zero-order chi connectivity index (χ0) is 10.8. The largest absolute Gasteiger partial charge is 0.496 e. The summed E-state index contributed by atoms with van der Waals surface area (Å²) in [6, 6.07) is 7.30. The van der Waals surface area contributed by atoms with Crippen LogP contribution in [0.2, 0.25) is 5.02 Å². The van der Waals surface area contributed by atoms with E-state index in [0.717, 1.165) is 21.5 Å². The Morgan fingerprint density at radius 2 is 2.20 bits per heavy atom. The Morgan fingerprint density at radius 1 is 1.40 bits per heavy atom. The second-order valence-corrected chi connectivity index (χ2v) is 4.21. The Hall–Kier alpha value is -0.930. The first-order valence-electron chi connectivity index (χ1n) is 4.29. The molecule has 0 atom stereocenters. The Balaban J connectivity index is 2.57. The first kappa shape index (κ1) is 10.6. The summed E-state index contributed by atoms with van der Waals surface area (Å²) >= 11 is 9.47. The molecule has 0 amide bonds. The van der Waals surface area contributed by atoms with Crippen LogP contribution in [-0.4, -0.2) is 7.11 Å². The molecule has 0 saturated heterocycles. The van der Waals surface area contributed by atoms with E-state index in [2.05, 4.69) is 15.9 Å². The van der Waals surface area contributed by atoms with Crippen molar-refractivity contribution < 1.29 is 9.15 Å². The monoisotopic (exact) mass is 286 g/mol. The van der Waals surface area contributed by atoms with Crippen LogP contribution in [0.3, 0.4) is 0 Å². The summed E-state index contributed by atoms with van der Waals surface area (Å²) in [5, 5.41) is 0.623. The maximum absolute atomic E-state index is 6.10. The van der Waals surface area contributed by atoms with Crippen LogP contribution in [0, 0.1) is 0 Å². The molecule has 1 aromatic carbocycles. The highest BCUT2D eigenvalue weighted by atomic mass is 79.9. The number of hydrogen-bond acceptors (Lipinski definition) is 2. The summed E-state index contributed by atoms with van der Waals surface area (Å²) < 4.78 is 11.3. The summed E-state index contributed by atoms with van der Waals surface area (Å²) in [6.07, 6.45) is 1.61. The Kier molecular flexibility index (Phi) is 3.03. The maximum atomic E-state index is 6.10. The van der Waals surface area contributed by atoms with Crippen molar-refractivity contribution in [1.82, 2.24) is 0 Å². The number of methoxy groups -OCH3 is 1. The number of hydrogen-bond donors (Lipinski definition) is 0. The lowest BCUT2D eigenvalue weighted by atomic mass is 10.1. The number of benzene rings is 1. The lowest BCUT2D eigenvalue weighted by Gasteiger charge is -2.07. The third-order valence-corrected chi connectivity index (χ3v) is 2.96. The molecule has 0 unspecified atom stereocenters. The molecule has 4 heteroatoms. The summed E-state index contributed by atoms with van der Waals surface area (Å²) in [5.41, 5.74) is 0.821. The average Bonchev–Trinajstić information content (AvgIpc) is 2.71. The molecule has 0 saturated carbocycles. The predicted molar refractivity (Wildman–Crippen MR) is 63.4 cm³/mol. The molecule has 2 rings (SSSR count). The minimum atomic E-state index is 0.623. The number of furan rings is 1. The van der Waals surface area contributed by atoms with Gasteiger partial charge in [0.25, 0.3) is 0 Å². The standard InChI is InChI=1S/C11H8BrClO2/c1-14-11-5-7(9(13)6-8(11)12)10-3-2-4-15-10/h2-6H,1H3. The third-order valence-electron chi connectivity index (χ3n) is 2.03. The highest BCUT2D eigenvalue weighted by Crippen LogP contribution is 2.36. The lowest BCUT2D eigenvalue weighted by molar-refractivity contribution is 0.412. The SMILES string of the molecule is COc1cc(-c2ccco2)c(Cl)cc1Br. The summed E-state index contributed by atoms with van der Waals surface area (Å²) in [4.78, 5) is 0. The van der Waals surface area contributed by atoms with Gasteiger partial charge >= 0.3 is 0 Å². The van der Waals surface area contributed by atoms with E-state index in [1.54, 1.807) is 19.4 Å². The van der Waals surface area contributed by atoms with Gasteiger partial charge in [0.2, 0.25) is 0 Å². The van der Waals surface area contributed by atoms with Crippen LogP contribution in [0.4, 0.5) is 0 Å². The van der Waals surface area contributed by atoms with E-state index >= 15 is 0 Å². The normalized spacial score (nSPS) is 10.3.